The van der Waals surface area contributed by atoms with Crippen LogP contribution in [0.3, 0.4) is 0 Å². The van der Waals surface area contributed by atoms with E-state index >= 15 is 0 Å². The number of hydrogen-bond acceptors (Lipinski definition) is 3. The predicted molar refractivity (Wildman–Crippen MR) is 61.0 cm³/mol. The summed E-state index contributed by atoms with van der Waals surface area (Å²) >= 11 is 0. The van der Waals surface area contributed by atoms with Gasteiger partial charge in [0.25, 0.3) is 0 Å². The van der Waals surface area contributed by atoms with Crippen LogP contribution in [0.1, 0.15) is 19.4 Å². The molecule has 1 atom stereocenters. The van der Waals surface area contributed by atoms with Gasteiger partial charge in [-0.15, -0.1) is 0 Å². The summed E-state index contributed by atoms with van der Waals surface area (Å²) < 4.78 is 5.34. The van der Waals surface area contributed by atoms with Gasteiger partial charge in [0, 0.05) is 5.54 Å². The van der Waals surface area contributed by atoms with Crippen molar-refractivity contribution >= 4 is 0 Å². The Morgan fingerprint density at radius 2 is 1.93 bits per heavy atom. The van der Waals surface area contributed by atoms with Crippen molar-refractivity contribution < 1.29 is 9.84 Å². The highest BCUT2D eigenvalue weighted by atomic mass is 16.5. The van der Waals surface area contributed by atoms with Crippen LogP contribution >= 0.6 is 0 Å². The molecule has 0 amide bonds. The second-order valence-electron chi connectivity index (χ2n) is 4.07. The number of nitrogens with two attached hydrogens (primary N) is 1. The predicted octanol–water partition coefficient (Wildman–Crippen LogP) is 1.34. The average Bonchev–Trinajstić information content (AvgIpc) is 2.21. The lowest BCUT2D eigenvalue weighted by molar-refractivity contribution is 0.208. The first-order chi connectivity index (χ1) is 7.07. The molecule has 3 nitrogen and oxygen atoms in total. The van der Waals surface area contributed by atoms with E-state index in [1.807, 2.05) is 38.1 Å². The zero-order valence-corrected chi connectivity index (χ0v) is 9.36. The van der Waals surface area contributed by atoms with Gasteiger partial charge in [0.15, 0.2) is 0 Å². The van der Waals surface area contributed by atoms with Gasteiger partial charge in [0.05, 0.1) is 13.2 Å². The Kier molecular flexibility index (Phi) is 4.12. The number of hydrogen-bond donors (Lipinski definition) is 2. The van der Waals surface area contributed by atoms with Crippen LogP contribution in [-0.2, 0) is 6.42 Å². The Morgan fingerprint density at radius 3 is 2.40 bits per heavy atom. The highest BCUT2D eigenvalue weighted by molar-refractivity contribution is 5.28. The van der Waals surface area contributed by atoms with E-state index in [0.717, 1.165) is 11.3 Å². The smallest absolute Gasteiger partial charge is 0.119 e. The normalized spacial score (nSPS) is 14.7. The summed E-state index contributed by atoms with van der Waals surface area (Å²) in [5.41, 5.74) is 6.42. The van der Waals surface area contributed by atoms with Crippen molar-refractivity contribution in [2.45, 2.75) is 25.8 Å². The molecule has 0 saturated heterocycles. The fourth-order valence-electron chi connectivity index (χ4n) is 1.39. The van der Waals surface area contributed by atoms with Crippen molar-refractivity contribution in [2.24, 2.45) is 5.73 Å². The van der Waals surface area contributed by atoms with Gasteiger partial charge >= 0.3 is 0 Å². The van der Waals surface area contributed by atoms with Crippen LogP contribution in [0.4, 0.5) is 0 Å². The minimum Gasteiger partial charge on any atom is -0.494 e. The highest BCUT2D eigenvalue weighted by Crippen LogP contribution is 2.15. The molecule has 1 aromatic rings. The van der Waals surface area contributed by atoms with Gasteiger partial charge in [0.2, 0.25) is 0 Å². The van der Waals surface area contributed by atoms with Gasteiger partial charge in [-0.25, -0.2) is 0 Å². The zero-order chi connectivity index (χ0) is 11.3. The third-order valence-electron chi connectivity index (χ3n) is 2.20. The molecule has 0 saturated carbocycles. The molecule has 0 heterocycles. The van der Waals surface area contributed by atoms with Crippen molar-refractivity contribution in [2.75, 3.05) is 13.2 Å². The summed E-state index contributed by atoms with van der Waals surface area (Å²) in [6.07, 6.45) is 0.663. The molecular formula is C12H19NO2. The number of rotatable bonds is 5. The molecule has 1 rings (SSSR count). The molecule has 1 unspecified atom stereocenters. The topological polar surface area (TPSA) is 55.5 Å². The van der Waals surface area contributed by atoms with Gasteiger partial charge in [-0.2, -0.15) is 0 Å². The van der Waals surface area contributed by atoms with Crippen molar-refractivity contribution in [1.29, 1.82) is 0 Å². The summed E-state index contributed by atoms with van der Waals surface area (Å²) in [7, 11) is 0. The van der Waals surface area contributed by atoms with Gasteiger partial charge in [0.1, 0.15) is 5.75 Å². The first-order valence-corrected chi connectivity index (χ1v) is 5.19. The van der Waals surface area contributed by atoms with Crippen LogP contribution in [-0.4, -0.2) is 23.9 Å². The molecule has 0 aliphatic rings. The Balaban J connectivity index is 2.64. The van der Waals surface area contributed by atoms with E-state index in [0.29, 0.717) is 13.0 Å². The van der Waals surface area contributed by atoms with Gasteiger partial charge < -0.3 is 15.6 Å². The molecule has 0 aliphatic heterocycles. The van der Waals surface area contributed by atoms with Gasteiger partial charge in [-0.05, 0) is 38.0 Å². The molecule has 0 radical (unpaired) electrons. The first-order valence-electron chi connectivity index (χ1n) is 5.19. The molecule has 0 aliphatic carbocycles. The second kappa shape index (κ2) is 5.14. The van der Waals surface area contributed by atoms with Crippen LogP contribution < -0.4 is 10.5 Å². The van der Waals surface area contributed by atoms with Crippen molar-refractivity contribution in [1.82, 2.24) is 0 Å². The van der Waals surface area contributed by atoms with E-state index < -0.39 is 5.54 Å². The molecule has 1 aromatic carbocycles. The van der Waals surface area contributed by atoms with Crippen LogP contribution in [0.25, 0.3) is 0 Å². The minimum absolute atomic E-state index is 0.0137. The fourth-order valence-corrected chi connectivity index (χ4v) is 1.39. The Hall–Kier alpha value is -1.06. The fraction of sp³-hybridized carbons (Fsp3) is 0.500. The van der Waals surface area contributed by atoms with E-state index in [1.54, 1.807) is 0 Å². The lowest BCUT2D eigenvalue weighted by Crippen LogP contribution is -2.42. The van der Waals surface area contributed by atoms with E-state index in [1.165, 1.54) is 0 Å². The van der Waals surface area contributed by atoms with E-state index in [2.05, 4.69) is 0 Å². The maximum atomic E-state index is 9.04. The van der Waals surface area contributed by atoms with Crippen molar-refractivity contribution in [3.8, 4) is 5.75 Å². The van der Waals surface area contributed by atoms with Crippen LogP contribution in [0, 0.1) is 0 Å². The molecular weight excluding hydrogens is 190 g/mol. The maximum absolute atomic E-state index is 9.04. The molecule has 15 heavy (non-hydrogen) atoms. The molecule has 84 valence electrons. The summed E-state index contributed by atoms with van der Waals surface area (Å²) in [6, 6.07) is 7.80. The molecule has 0 fully saturated rings. The highest BCUT2D eigenvalue weighted by Gasteiger charge is 2.17. The SMILES string of the molecule is CCOc1ccc(CC(C)(N)CO)cc1. The Morgan fingerprint density at radius 1 is 1.33 bits per heavy atom. The van der Waals surface area contributed by atoms with E-state index in [4.69, 9.17) is 15.6 Å². The largest absolute Gasteiger partial charge is 0.494 e. The molecule has 3 N–H and O–H groups in total. The summed E-state index contributed by atoms with van der Waals surface area (Å²) in [5.74, 6) is 0.865. The summed E-state index contributed by atoms with van der Waals surface area (Å²) in [4.78, 5) is 0. The second-order valence-corrected chi connectivity index (χ2v) is 4.07. The third-order valence-corrected chi connectivity index (χ3v) is 2.20. The Labute approximate surface area is 90.9 Å². The first kappa shape index (κ1) is 12.0. The maximum Gasteiger partial charge on any atom is 0.119 e. The summed E-state index contributed by atoms with van der Waals surface area (Å²) in [6.45, 7) is 4.45. The molecule has 3 heteroatoms. The molecule has 0 spiro atoms. The zero-order valence-electron chi connectivity index (χ0n) is 9.36. The Bertz CT molecular complexity index is 293. The molecule has 0 aromatic heterocycles. The van der Waals surface area contributed by atoms with E-state index in [-0.39, 0.29) is 6.61 Å². The number of aliphatic hydroxyl groups is 1. The van der Waals surface area contributed by atoms with E-state index in [9.17, 15) is 0 Å². The average molecular weight is 209 g/mol. The quantitative estimate of drug-likeness (QED) is 0.769. The lowest BCUT2D eigenvalue weighted by Gasteiger charge is -2.21. The number of aliphatic hydroxyl groups excluding tert-OH is 1. The lowest BCUT2D eigenvalue weighted by atomic mass is 9.95. The third kappa shape index (κ3) is 3.90. The standard InChI is InChI=1S/C12H19NO2/c1-3-15-11-6-4-10(5-7-11)8-12(2,13)9-14/h4-7,14H,3,8-9,13H2,1-2H3. The number of ether oxygens (including phenoxy) is 1. The van der Waals surface area contributed by atoms with Crippen LogP contribution in [0.2, 0.25) is 0 Å². The van der Waals surface area contributed by atoms with Crippen molar-refractivity contribution in [3.63, 3.8) is 0 Å². The minimum atomic E-state index is -0.548. The van der Waals surface area contributed by atoms with Gasteiger partial charge in [-0.3, -0.25) is 0 Å². The monoisotopic (exact) mass is 209 g/mol. The number of benzene rings is 1. The van der Waals surface area contributed by atoms with Crippen molar-refractivity contribution in [3.05, 3.63) is 29.8 Å². The van der Waals surface area contributed by atoms with Gasteiger partial charge in [-0.1, -0.05) is 12.1 Å². The van der Waals surface area contributed by atoms with Crippen LogP contribution in [0.15, 0.2) is 24.3 Å². The van der Waals surface area contributed by atoms with Crippen LogP contribution in [0.5, 0.6) is 5.75 Å². The summed E-state index contributed by atoms with van der Waals surface area (Å²) in [5, 5.41) is 9.04. The molecule has 0 bridgehead atoms.